The monoisotopic (exact) mass is 354 g/mol. The summed E-state index contributed by atoms with van der Waals surface area (Å²) in [6, 6.07) is 13.9. The van der Waals surface area contributed by atoms with Crippen LogP contribution >= 0.6 is 11.5 Å². The van der Waals surface area contributed by atoms with Gasteiger partial charge in [-0.3, -0.25) is 4.79 Å². The third-order valence-electron chi connectivity index (χ3n) is 4.30. The fraction of sp³-hybridized carbons (Fsp3) is 0.158. The van der Waals surface area contributed by atoms with E-state index in [-0.39, 0.29) is 17.6 Å². The fourth-order valence-electron chi connectivity index (χ4n) is 3.07. The van der Waals surface area contributed by atoms with Crippen molar-refractivity contribution in [1.82, 2.24) is 4.37 Å². The number of rotatable bonds is 3. The van der Waals surface area contributed by atoms with Gasteiger partial charge in [0.2, 0.25) is 5.91 Å². The Morgan fingerprint density at radius 1 is 1.24 bits per heavy atom. The Morgan fingerprint density at radius 2 is 2.04 bits per heavy atom. The van der Waals surface area contributed by atoms with Crippen LogP contribution in [0.4, 0.5) is 10.1 Å². The number of nitrogens with one attached hydrogen (secondary N) is 1. The quantitative estimate of drug-likeness (QED) is 0.757. The van der Waals surface area contributed by atoms with Gasteiger partial charge >= 0.3 is 0 Å². The third-order valence-corrected chi connectivity index (χ3v) is 5.26. The van der Waals surface area contributed by atoms with E-state index in [9.17, 15) is 9.18 Å². The van der Waals surface area contributed by atoms with Crippen LogP contribution in [-0.2, 0) is 4.79 Å². The number of anilines is 1. The normalized spacial score (nSPS) is 16.2. The molecule has 0 radical (unpaired) electrons. The summed E-state index contributed by atoms with van der Waals surface area (Å²) < 4.78 is 23.3. The predicted octanol–water partition coefficient (Wildman–Crippen LogP) is 4.43. The van der Waals surface area contributed by atoms with E-state index in [0.717, 1.165) is 33.1 Å². The van der Waals surface area contributed by atoms with E-state index in [4.69, 9.17) is 4.74 Å². The first kappa shape index (κ1) is 15.8. The van der Waals surface area contributed by atoms with Crippen molar-refractivity contribution in [1.29, 1.82) is 0 Å². The molecule has 1 aliphatic rings. The lowest BCUT2D eigenvalue weighted by atomic mass is 9.89. The summed E-state index contributed by atoms with van der Waals surface area (Å²) in [6.45, 7) is 0. The summed E-state index contributed by atoms with van der Waals surface area (Å²) in [5.74, 6) is 0.195. The SMILES string of the molecule is COc1ccc(-c2nsc3c2NC(=O)CC3c2cccc(F)c2)cc1. The maximum absolute atomic E-state index is 13.6. The highest BCUT2D eigenvalue weighted by molar-refractivity contribution is 7.07. The molecule has 3 aromatic rings. The van der Waals surface area contributed by atoms with Crippen molar-refractivity contribution in [3.8, 4) is 17.0 Å². The lowest BCUT2D eigenvalue weighted by Crippen LogP contribution is -2.22. The first-order valence-electron chi connectivity index (χ1n) is 7.85. The average Bonchev–Trinajstić information content (AvgIpc) is 3.04. The zero-order valence-electron chi connectivity index (χ0n) is 13.5. The molecule has 1 N–H and O–H groups in total. The zero-order chi connectivity index (χ0) is 17.4. The van der Waals surface area contributed by atoms with E-state index in [1.54, 1.807) is 13.2 Å². The number of hydrogen-bond donors (Lipinski definition) is 1. The van der Waals surface area contributed by atoms with Crippen LogP contribution in [0.2, 0.25) is 0 Å². The van der Waals surface area contributed by atoms with Crippen LogP contribution in [0, 0.1) is 5.82 Å². The molecule has 0 fully saturated rings. The molecule has 1 amide bonds. The Bertz CT molecular complexity index is 937. The number of carbonyl (C=O) groups excluding carboxylic acids is 1. The topological polar surface area (TPSA) is 51.2 Å². The molecular weight excluding hydrogens is 339 g/mol. The van der Waals surface area contributed by atoms with E-state index in [2.05, 4.69) is 9.69 Å². The summed E-state index contributed by atoms with van der Waals surface area (Å²) in [5.41, 5.74) is 3.15. The standard InChI is InChI=1S/C19H15FN2O2S/c1-24-14-7-5-11(6-8-14)17-18-19(25-22-17)15(10-16(23)21-18)12-3-2-4-13(20)9-12/h2-9,15H,10H2,1H3,(H,21,23). The molecule has 0 spiro atoms. The highest BCUT2D eigenvalue weighted by Crippen LogP contribution is 2.44. The van der Waals surface area contributed by atoms with Crippen molar-refractivity contribution in [2.45, 2.75) is 12.3 Å². The number of methoxy groups -OCH3 is 1. The molecule has 126 valence electrons. The lowest BCUT2D eigenvalue weighted by Gasteiger charge is -2.23. The molecule has 2 aromatic carbocycles. The highest BCUT2D eigenvalue weighted by Gasteiger charge is 2.31. The number of amides is 1. The minimum Gasteiger partial charge on any atom is -0.497 e. The van der Waals surface area contributed by atoms with Crippen molar-refractivity contribution in [3.63, 3.8) is 0 Å². The first-order valence-corrected chi connectivity index (χ1v) is 8.62. The van der Waals surface area contributed by atoms with Gasteiger partial charge in [0.15, 0.2) is 0 Å². The van der Waals surface area contributed by atoms with Crippen LogP contribution in [-0.4, -0.2) is 17.4 Å². The van der Waals surface area contributed by atoms with Gasteiger partial charge in [-0.2, -0.15) is 4.37 Å². The summed E-state index contributed by atoms with van der Waals surface area (Å²) in [6.07, 6.45) is 0.292. The molecule has 25 heavy (non-hydrogen) atoms. The molecule has 1 aromatic heterocycles. The molecule has 4 rings (SSSR count). The molecule has 0 bridgehead atoms. The number of ether oxygens (including phenoxy) is 1. The molecule has 6 heteroatoms. The Hall–Kier alpha value is -2.73. The average molecular weight is 354 g/mol. The smallest absolute Gasteiger partial charge is 0.225 e. The van der Waals surface area contributed by atoms with Gasteiger partial charge in [0, 0.05) is 17.9 Å². The Balaban J connectivity index is 1.78. The number of halogens is 1. The van der Waals surface area contributed by atoms with Gasteiger partial charge < -0.3 is 10.1 Å². The lowest BCUT2D eigenvalue weighted by molar-refractivity contribution is -0.116. The summed E-state index contributed by atoms with van der Waals surface area (Å²) in [7, 11) is 1.61. The van der Waals surface area contributed by atoms with Crippen LogP contribution in [0.1, 0.15) is 22.8 Å². The van der Waals surface area contributed by atoms with Crippen LogP contribution < -0.4 is 10.1 Å². The minimum atomic E-state index is -0.301. The van der Waals surface area contributed by atoms with Gasteiger partial charge in [-0.25, -0.2) is 4.39 Å². The van der Waals surface area contributed by atoms with E-state index >= 15 is 0 Å². The van der Waals surface area contributed by atoms with E-state index in [1.165, 1.54) is 23.7 Å². The number of nitrogens with zero attached hydrogens (tertiary/aromatic N) is 1. The van der Waals surface area contributed by atoms with Crippen molar-refractivity contribution in [3.05, 3.63) is 64.8 Å². The van der Waals surface area contributed by atoms with Gasteiger partial charge in [0.25, 0.3) is 0 Å². The zero-order valence-corrected chi connectivity index (χ0v) is 14.3. The molecule has 0 aliphatic carbocycles. The highest BCUT2D eigenvalue weighted by atomic mass is 32.1. The van der Waals surface area contributed by atoms with Crippen molar-refractivity contribution < 1.29 is 13.9 Å². The number of benzene rings is 2. The maximum Gasteiger partial charge on any atom is 0.225 e. The van der Waals surface area contributed by atoms with Crippen LogP contribution in [0.3, 0.4) is 0 Å². The van der Waals surface area contributed by atoms with Gasteiger partial charge in [-0.15, -0.1) is 0 Å². The third kappa shape index (κ3) is 2.89. The number of aromatic nitrogens is 1. The predicted molar refractivity (Wildman–Crippen MR) is 95.6 cm³/mol. The van der Waals surface area contributed by atoms with Gasteiger partial charge in [0.05, 0.1) is 17.7 Å². The van der Waals surface area contributed by atoms with Crippen molar-refractivity contribution in [2.75, 3.05) is 12.4 Å². The first-order chi connectivity index (χ1) is 12.2. The molecule has 1 atom stereocenters. The molecule has 1 unspecified atom stereocenters. The fourth-order valence-corrected chi connectivity index (χ4v) is 4.04. The molecule has 2 heterocycles. The number of hydrogen-bond acceptors (Lipinski definition) is 4. The summed E-state index contributed by atoms with van der Waals surface area (Å²) >= 11 is 1.35. The maximum atomic E-state index is 13.6. The molecule has 1 aliphatic heterocycles. The molecular formula is C19H15FN2O2S. The van der Waals surface area contributed by atoms with Crippen molar-refractivity contribution in [2.24, 2.45) is 0 Å². The van der Waals surface area contributed by atoms with Crippen LogP contribution in [0.25, 0.3) is 11.3 Å². The summed E-state index contributed by atoms with van der Waals surface area (Å²) in [4.78, 5) is 13.2. The Morgan fingerprint density at radius 3 is 2.76 bits per heavy atom. The van der Waals surface area contributed by atoms with Crippen molar-refractivity contribution >= 4 is 23.1 Å². The second-order valence-electron chi connectivity index (χ2n) is 5.86. The molecule has 4 nitrogen and oxygen atoms in total. The van der Waals surface area contributed by atoms with Gasteiger partial charge in [-0.1, -0.05) is 12.1 Å². The minimum absolute atomic E-state index is 0.0864. The summed E-state index contributed by atoms with van der Waals surface area (Å²) in [5, 5.41) is 2.93. The second kappa shape index (κ2) is 6.29. The van der Waals surface area contributed by atoms with Crippen LogP contribution in [0.15, 0.2) is 48.5 Å². The van der Waals surface area contributed by atoms with Gasteiger partial charge in [-0.05, 0) is 53.5 Å². The van der Waals surface area contributed by atoms with Gasteiger partial charge in [0.1, 0.15) is 17.3 Å². The second-order valence-corrected chi connectivity index (χ2v) is 6.66. The Kier molecular flexibility index (Phi) is 3.97. The molecule has 0 saturated carbocycles. The van der Waals surface area contributed by atoms with E-state index in [1.807, 2.05) is 30.3 Å². The Labute approximate surface area is 148 Å². The van der Waals surface area contributed by atoms with E-state index in [0.29, 0.717) is 6.42 Å². The number of fused-ring (bicyclic) bond motifs is 1. The largest absolute Gasteiger partial charge is 0.497 e. The number of carbonyl (C=O) groups is 1. The molecule has 0 saturated heterocycles. The van der Waals surface area contributed by atoms with E-state index < -0.39 is 0 Å². The van der Waals surface area contributed by atoms with Crippen LogP contribution in [0.5, 0.6) is 5.75 Å².